The maximum atomic E-state index is 13.0. The van der Waals surface area contributed by atoms with Crippen LogP contribution in [0.3, 0.4) is 0 Å². The number of rotatable bonds is 5. The van der Waals surface area contributed by atoms with Gasteiger partial charge in [-0.15, -0.1) is 0 Å². The number of aliphatic carboxylic acids is 1. The number of carboxylic acids is 1. The molecule has 2 fully saturated rings. The summed E-state index contributed by atoms with van der Waals surface area (Å²) < 4.78 is 24.5. The highest BCUT2D eigenvalue weighted by Gasteiger charge is 2.53. The standard InChI is InChI=1S/C21H21FO4S/c22-14-3-7-16(8-4-14)25-15-5-1-13(2-6-15)19(27)21(20(23)24)11-17-9-10-18(12-21)26-17/h1-8,17-19,27H,9-12H2,(H,23,24)/t17-,18+,19?,21?. The second-order valence-electron chi connectivity index (χ2n) is 7.35. The highest BCUT2D eigenvalue weighted by atomic mass is 32.1. The summed E-state index contributed by atoms with van der Waals surface area (Å²) in [5.41, 5.74) is -0.0829. The molecule has 0 aliphatic carbocycles. The van der Waals surface area contributed by atoms with Gasteiger partial charge in [0.05, 0.1) is 17.6 Å². The number of hydrogen-bond acceptors (Lipinski definition) is 4. The van der Waals surface area contributed by atoms with Crippen LogP contribution < -0.4 is 4.74 Å². The highest BCUT2D eigenvalue weighted by Crippen LogP contribution is 2.53. The fourth-order valence-corrected chi connectivity index (χ4v) is 4.66. The lowest BCUT2D eigenvalue weighted by molar-refractivity contribution is -0.160. The van der Waals surface area contributed by atoms with Gasteiger partial charge in [-0.1, -0.05) is 12.1 Å². The van der Waals surface area contributed by atoms with Crippen molar-refractivity contribution >= 4 is 18.6 Å². The molecule has 0 spiro atoms. The van der Waals surface area contributed by atoms with Crippen LogP contribution in [0, 0.1) is 11.2 Å². The minimum absolute atomic E-state index is 0.00980. The molecule has 2 aromatic carbocycles. The molecule has 2 aromatic rings. The van der Waals surface area contributed by atoms with Crippen LogP contribution >= 0.6 is 12.6 Å². The summed E-state index contributed by atoms with van der Waals surface area (Å²) in [6, 6.07) is 13.0. The molecular weight excluding hydrogens is 367 g/mol. The van der Waals surface area contributed by atoms with Crippen molar-refractivity contribution in [2.45, 2.75) is 43.1 Å². The molecule has 27 heavy (non-hydrogen) atoms. The number of carboxylic acid groups (broad SMARTS) is 1. The van der Waals surface area contributed by atoms with Gasteiger partial charge in [0.25, 0.3) is 0 Å². The molecule has 2 heterocycles. The third-order valence-corrected chi connectivity index (χ3v) is 6.37. The van der Waals surface area contributed by atoms with Gasteiger partial charge in [-0.2, -0.15) is 12.6 Å². The minimum Gasteiger partial charge on any atom is -0.481 e. The molecule has 0 aromatic heterocycles. The molecule has 2 saturated heterocycles. The Labute approximate surface area is 162 Å². The van der Waals surface area contributed by atoms with Crippen LogP contribution in [-0.2, 0) is 9.53 Å². The molecule has 4 nitrogen and oxygen atoms in total. The molecule has 4 rings (SSSR count). The summed E-state index contributed by atoms with van der Waals surface area (Å²) in [5.74, 6) is 0.00578. The van der Waals surface area contributed by atoms with Crippen LogP contribution in [-0.4, -0.2) is 23.3 Å². The third-order valence-electron chi connectivity index (χ3n) is 5.57. The lowest BCUT2D eigenvalue weighted by Gasteiger charge is -2.41. The van der Waals surface area contributed by atoms with Crippen molar-refractivity contribution in [2.24, 2.45) is 5.41 Å². The number of carbonyl (C=O) groups is 1. The van der Waals surface area contributed by atoms with Crippen molar-refractivity contribution in [3.8, 4) is 11.5 Å². The summed E-state index contributed by atoms with van der Waals surface area (Å²) in [4.78, 5) is 12.2. The first-order chi connectivity index (χ1) is 13.0. The van der Waals surface area contributed by atoms with E-state index < -0.39 is 16.6 Å². The zero-order chi connectivity index (χ0) is 19.0. The van der Waals surface area contributed by atoms with E-state index in [0.29, 0.717) is 24.3 Å². The summed E-state index contributed by atoms with van der Waals surface area (Å²) >= 11 is 4.72. The normalized spacial score (nSPS) is 27.9. The quantitative estimate of drug-likeness (QED) is 0.708. The van der Waals surface area contributed by atoms with Crippen LogP contribution in [0.4, 0.5) is 4.39 Å². The second kappa shape index (κ2) is 7.17. The Hall–Kier alpha value is -2.05. The van der Waals surface area contributed by atoms with Crippen molar-refractivity contribution < 1.29 is 23.8 Å². The lowest BCUT2D eigenvalue weighted by atomic mass is 9.72. The van der Waals surface area contributed by atoms with E-state index in [0.717, 1.165) is 18.4 Å². The molecule has 2 unspecified atom stereocenters. The lowest BCUT2D eigenvalue weighted by Crippen LogP contribution is -2.44. The van der Waals surface area contributed by atoms with Crippen LogP contribution in [0.1, 0.15) is 36.5 Å². The van der Waals surface area contributed by atoms with Gasteiger partial charge >= 0.3 is 5.97 Å². The van der Waals surface area contributed by atoms with Gasteiger partial charge in [0.2, 0.25) is 0 Å². The van der Waals surface area contributed by atoms with Crippen molar-refractivity contribution in [3.63, 3.8) is 0 Å². The first-order valence-electron chi connectivity index (χ1n) is 9.06. The maximum absolute atomic E-state index is 13.0. The molecule has 142 valence electrons. The monoisotopic (exact) mass is 388 g/mol. The SMILES string of the molecule is O=C(O)C1(C(S)c2ccc(Oc3ccc(F)cc3)cc2)C[C@H]2CC[C@@H](C1)O2. The molecule has 6 heteroatoms. The molecule has 0 saturated carbocycles. The molecule has 0 radical (unpaired) electrons. The average Bonchev–Trinajstić information content (AvgIpc) is 3.01. The van der Waals surface area contributed by atoms with Gasteiger partial charge < -0.3 is 14.6 Å². The van der Waals surface area contributed by atoms with Crippen LogP contribution in [0.5, 0.6) is 11.5 Å². The van der Waals surface area contributed by atoms with Crippen molar-refractivity contribution in [1.29, 1.82) is 0 Å². The Balaban J connectivity index is 1.53. The smallest absolute Gasteiger partial charge is 0.311 e. The average molecular weight is 388 g/mol. The zero-order valence-corrected chi connectivity index (χ0v) is 15.6. The van der Waals surface area contributed by atoms with E-state index in [9.17, 15) is 14.3 Å². The van der Waals surface area contributed by atoms with Crippen molar-refractivity contribution in [1.82, 2.24) is 0 Å². The van der Waals surface area contributed by atoms with E-state index in [4.69, 9.17) is 22.1 Å². The van der Waals surface area contributed by atoms with Crippen molar-refractivity contribution in [3.05, 3.63) is 59.9 Å². The number of fused-ring (bicyclic) bond motifs is 2. The molecule has 2 bridgehead atoms. The predicted molar refractivity (Wildman–Crippen MR) is 102 cm³/mol. The van der Waals surface area contributed by atoms with E-state index in [1.165, 1.54) is 12.1 Å². The van der Waals surface area contributed by atoms with Gasteiger partial charge in [0.15, 0.2) is 0 Å². The van der Waals surface area contributed by atoms with Crippen molar-refractivity contribution in [2.75, 3.05) is 0 Å². The summed E-state index contributed by atoms with van der Waals surface area (Å²) in [5, 5.41) is 9.57. The molecule has 0 amide bonds. The van der Waals surface area contributed by atoms with Crippen LogP contribution in [0.25, 0.3) is 0 Å². The number of hydrogen-bond donors (Lipinski definition) is 2. The van der Waals surface area contributed by atoms with Crippen LogP contribution in [0.2, 0.25) is 0 Å². The predicted octanol–water partition coefficient (Wildman–Crippen LogP) is 5.00. The number of ether oxygens (including phenoxy) is 2. The Morgan fingerprint density at radius 1 is 1.07 bits per heavy atom. The van der Waals surface area contributed by atoms with E-state index in [1.807, 2.05) is 12.1 Å². The topological polar surface area (TPSA) is 55.8 Å². The van der Waals surface area contributed by atoms with E-state index in [2.05, 4.69) is 0 Å². The van der Waals surface area contributed by atoms with Gasteiger partial charge in [-0.25, -0.2) is 4.39 Å². The molecule has 1 N–H and O–H groups in total. The Bertz CT molecular complexity index is 809. The van der Waals surface area contributed by atoms with Gasteiger partial charge in [0, 0.05) is 5.25 Å². The van der Waals surface area contributed by atoms with Gasteiger partial charge in [-0.05, 0) is 67.6 Å². The van der Waals surface area contributed by atoms with Gasteiger partial charge in [-0.3, -0.25) is 4.79 Å². The first-order valence-corrected chi connectivity index (χ1v) is 9.58. The molecule has 4 atom stereocenters. The summed E-state index contributed by atoms with van der Waals surface area (Å²) in [7, 11) is 0. The largest absolute Gasteiger partial charge is 0.481 e. The third kappa shape index (κ3) is 3.56. The van der Waals surface area contributed by atoms with E-state index in [1.54, 1.807) is 24.3 Å². The van der Waals surface area contributed by atoms with Crippen LogP contribution in [0.15, 0.2) is 48.5 Å². The fourth-order valence-electron chi connectivity index (χ4n) is 4.17. The minimum atomic E-state index is -0.924. The number of thiol groups is 1. The molecule has 2 aliphatic heterocycles. The summed E-state index contributed by atoms with van der Waals surface area (Å²) in [6.45, 7) is 0. The van der Waals surface area contributed by atoms with E-state index >= 15 is 0 Å². The summed E-state index contributed by atoms with van der Waals surface area (Å²) in [6.07, 6.45) is 2.84. The van der Waals surface area contributed by atoms with Gasteiger partial charge in [0.1, 0.15) is 17.3 Å². The number of benzene rings is 2. The Morgan fingerprint density at radius 2 is 1.59 bits per heavy atom. The fraction of sp³-hybridized carbons (Fsp3) is 0.381. The van der Waals surface area contributed by atoms with E-state index in [-0.39, 0.29) is 18.0 Å². The first kappa shape index (κ1) is 18.3. The Morgan fingerprint density at radius 3 is 2.11 bits per heavy atom. The number of halogens is 1. The second-order valence-corrected chi connectivity index (χ2v) is 7.87. The molecule has 2 aliphatic rings. The zero-order valence-electron chi connectivity index (χ0n) is 14.7. The Kier molecular flexibility index (Phi) is 4.86. The maximum Gasteiger partial charge on any atom is 0.311 e. The molecular formula is C21H21FO4S. The highest BCUT2D eigenvalue weighted by molar-refractivity contribution is 7.80.